The van der Waals surface area contributed by atoms with Gasteiger partial charge in [-0.05, 0) is 24.0 Å². The maximum Gasteiger partial charge on any atom is 0.246 e. The van der Waals surface area contributed by atoms with Gasteiger partial charge in [0, 0.05) is 26.4 Å². The quantitative estimate of drug-likeness (QED) is 0.559. The third-order valence-electron chi connectivity index (χ3n) is 7.11. The van der Waals surface area contributed by atoms with Crippen molar-refractivity contribution in [2.24, 2.45) is 0 Å². The molecule has 2 aliphatic rings. The molecule has 212 valence electrons. The summed E-state index contributed by atoms with van der Waals surface area (Å²) in [7, 11) is 3.00. The zero-order valence-electron chi connectivity index (χ0n) is 22.7. The molecule has 2 aromatic carbocycles. The summed E-state index contributed by atoms with van der Waals surface area (Å²) in [4.78, 5) is 69.1. The van der Waals surface area contributed by atoms with Crippen LogP contribution in [-0.4, -0.2) is 102 Å². The molecule has 2 saturated heterocycles. The van der Waals surface area contributed by atoms with Crippen LogP contribution in [0.5, 0.6) is 0 Å². The van der Waals surface area contributed by atoms with E-state index in [1.54, 1.807) is 0 Å². The van der Waals surface area contributed by atoms with Crippen molar-refractivity contribution in [1.82, 2.24) is 25.3 Å². The Labute approximate surface area is 238 Å². The standard InChI is InChI=1S/C29H35N5O5S/c1-32-18-26(37)34-15-9-14-23(34)28(38)30-16-24(35)31-22(29(39)33(2)17-25(32)36)19-40-27(20-10-5-3-6-11-20)21-12-7-4-8-13-21/h3-8,10-13,22-23,27H,9,14-19H2,1-2H3,(H,30,38)(H,31,35). The zero-order chi connectivity index (χ0) is 28.6. The monoisotopic (exact) mass is 565 g/mol. The van der Waals surface area contributed by atoms with E-state index in [0.29, 0.717) is 19.4 Å². The van der Waals surface area contributed by atoms with Gasteiger partial charge in [0.05, 0.1) is 24.9 Å². The van der Waals surface area contributed by atoms with Crippen LogP contribution in [0.1, 0.15) is 29.2 Å². The van der Waals surface area contributed by atoms with E-state index < -0.39 is 35.7 Å². The summed E-state index contributed by atoms with van der Waals surface area (Å²) in [5.74, 6) is -1.91. The number of fused-ring (bicyclic) bond motifs is 1. The van der Waals surface area contributed by atoms with Crippen LogP contribution in [-0.2, 0) is 24.0 Å². The number of hydrogen-bond acceptors (Lipinski definition) is 6. The highest BCUT2D eigenvalue weighted by molar-refractivity contribution is 7.99. The van der Waals surface area contributed by atoms with Gasteiger partial charge in [-0.25, -0.2) is 0 Å². The Morgan fingerprint density at radius 2 is 1.45 bits per heavy atom. The summed E-state index contributed by atoms with van der Waals surface area (Å²) in [5.41, 5.74) is 2.11. The molecule has 2 heterocycles. The van der Waals surface area contributed by atoms with Crippen molar-refractivity contribution in [3.63, 3.8) is 0 Å². The molecule has 0 spiro atoms. The molecular formula is C29H35N5O5S. The Morgan fingerprint density at radius 1 is 0.850 bits per heavy atom. The molecule has 2 aromatic rings. The van der Waals surface area contributed by atoms with Crippen LogP contribution >= 0.6 is 11.8 Å². The summed E-state index contributed by atoms with van der Waals surface area (Å²) in [6.07, 6.45) is 1.14. The van der Waals surface area contributed by atoms with E-state index in [1.165, 1.54) is 40.6 Å². The van der Waals surface area contributed by atoms with E-state index in [1.807, 2.05) is 60.7 Å². The zero-order valence-corrected chi connectivity index (χ0v) is 23.6. The number of likely N-dealkylation sites (N-methyl/N-ethyl adjacent to an activating group) is 2. The van der Waals surface area contributed by atoms with Crippen molar-refractivity contribution >= 4 is 41.3 Å². The SMILES string of the molecule is CN1CC(=O)N2CCCC2C(=O)NCC(=O)NC(CSC(c2ccccc2)c2ccccc2)C(=O)N(C)CC1=O. The topological polar surface area (TPSA) is 119 Å². The summed E-state index contributed by atoms with van der Waals surface area (Å²) >= 11 is 1.51. The molecule has 2 N–H and O–H groups in total. The summed E-state index contributed by atoms with van der Waals surface area (Å²) in [6, 6.07) is 18.1. The Bertz CT molecular complexity index is 1190. The van der Waals surface area contributed by atoms with Crippen molar-refractivity contribution in [3.8, 4) is 0 Å². The van der Waals surface area contributed by atoms with E-state index in [2.05, 4.69) is 10.6 Å². The lowest BCUT2D eigenvalue weighted by Gasteiger charge is -2.28. The van der Waals surface area contributed by atoms with Gasteiger partial charge in [0.25, 0.3) is 0 Å². The number of benzene rings is 2. The summed E-state index contributed by atoms with van der Waals surface area (Å²) < 4.78 is 0. The predicted octanol–water partition coefficient (Wildman–Crippen LogP) is 1.03. The van der Waals surface area contributed by atoms with Crippen molar-refractivity contribution in [2.45, 2.75) is 30.2 Å². The lowest BCUT2D eigenvalue weighted by molar-refractivity contribution is -0.144. The van der Waals surface area contributed by atoms with Crippen molar-refractivity contribution in [2.75, 3.05) is 46.0 Å². The molecule has 0 aromatic heterocycles. The molecule has 2 atom stereocenters. The van der Waals surface area contributed by atoms with Gasteiger partial charge in [-0.15, -0.1) is 11.8 Å². The summed E-state index contributed by atoms with van der Waals surface area (Å²) in [5, 5.41) is 5.29. The van der Waals surface area contributed by atoms with Crippen molar-refractivity contribution in [3.05, 3.63) is 71.8 Å². The van der Waals surface area contributed by atoms with E-state index in [-0.39, 0.29) is 36.5 Å². The second-order valence-corrected chi connectivity index (χ2v) is 11.2. The Hall–Kier alpha value is -3.86. The second kappa shape index (κ2) is 13.5. The molecule has 2 unspecified atom stereocenters. The maximum absolute atomic E-state index is 13.5. The lowest BCUT2D eigenvalue weighted by Crippen LogP contribution is -2.53. The highest BCUT2D eigenvalue weighted by atomic mass is 32.2. The van der Waals surface area contributed by atoms with Crippen LogP contribution in [0.3, 0.4) is 0 Å². The van der Waals surface area contributed by atoms with E-state index >= 15 is 0 Å². The van der Waals surface area contributed by atoms with Crippen LogP contribution in [0.15, 0.2) is 60.7 Å². The second-order valence-electron chi connectivity index (χ2n) is 10.1. The molecule has 0 bridgehead atoms. The van der Waals surface area contributed by atoms with Crippen LogP contribution in [0, 0.1) is 0 Å². The fourth-order valence-corrected chi connectivity index (χ4v) is 6.24. The Balaban J connectivity index is 1.56. The number of carbonyl (C=O) groups is 5. The first kappa shape index (κ1) is 29.1. The largest absolute Gasteiger partial charge is 0.345 e. The van der Waals surface area contributed by atoms with Crippen molar-refractivity contribution in [1.29, 1.82) is 0 Å². The normalized spacial score (nSPS) is 21.6. The first-order valence-corrected chi connectivity index (χ1v) is 14.4. The summed E-state index contributed by atoms with van der Waals surface area (Å²) in [6.45, 7) is -0.361. The average Bonchev–Trinajstić information content (AvgIpc) is 3.46. The van der Waals surface area contributed by atoms with E-state index in [9.17, 15) is 24.0 Å². The van der Waals surface area contributed by atoms with Crippen LogP contribution in [0.4, 0.5) is 0 Å². The highest BCUT2D eigenvalue weighted by Gasteiger charge is 2.36. The van der Waals surface area contributed by atoms with Crippen LogP contribution in [0.25, 0.3) is 0 Å². The van der Waals surface area contributed by atoms with Crippen molar-refractivity contribution < 1.29 is 24.0 Å². The molecule has 0 radical (unpaired) electrons. The molecule has 10 nitrogen and oxygen atoms in total. The minimum atomic E-state index is -0.942. The Morgan fingerprint density at radius 3 is 2.08 bits per heavy atom. The molecule has 40 heavy (non-hydrogen) atoms. The third kappa shape index (κ3) is 7.20. The van der Waals surface area contributed by atoms with Gasteiger partial charge in [0.2, 0.25) is 29.5 Å². The fraction of sp³-hybridized carbons (Fsp3) is 0.414. The molecule has 0 aliphatic carbocycles. The van der Waals surface area contributed by atoms with Gasteiger partial charge >= 0.3 is 0 Å². The highest BCUT2D eigenvalue weighted by Crippen LogP contribution is 2.36. The molecule has 11 heteroatoms. The lowest BCUT2D eigenvalue weighted by atomic mass is 10.0. The predicted molar refractivity (Wildman–Crippen MR) is 152 cm³/mol. The van der Waals surface area contributed by atoms with Gasteiger partial charge in [-0.1, -0.05) is 60.7 Å². The molecule has 2 aliphatic heterocycles. The number of amides is 5. The number of nitrogens with one attached hydrogen (secondary N) is 2. The van der Waals surface area contributed by atoms with E-state index in [4.69, 9.17) is 0 Å². The molecule has 0 saturated carbocycles. The Kier molecular flexibility index (Phi) is 9.81. The van der Waals surface area contributed by atoms with Crippen LogP contribution in [0.2, 0.25) is 0 Å². The molecule has 2 fully saturated rings. The maximum atomic E-state index is 13.5. The van der Waals surface area contributed by atoms with Gasteiger partial charge in [-0.3, -0.25) is 24.0 Å². The van der Waals surface area contributed by atoms with Gasteiger partial charge in [0.1, 0.15) is 12.1 Å². The number of hydrogen-bond donors (Lipinski definition) is 2. The fourth-order valence-electron chi connectivity index (χ4n) is 4.93. The van der Waals surface area contributed by atoms with Gasteiger partial charge in [0.15, 0.2) is 0 Å². The first-order chi connectivity index (χ1) is 19.2. The third-order valence-corrected chi connectivity index (χ3v) is 8.52. The van der Waals surface area contributed by atoms with Crippen LogP contribution < -0.4 is 10.6 Å². The molecule has 4 rings (SSSR count). The molecule has 5 amide bonds. The molecular weight excluding hydrogens is 530 g/mol. The average molecular weight is 566 g/mol. The van der Waals surface area contributed by atoms with Gasteiger partial charge in [-0.2, -0.15) is 0 Å². The number of nitrogens with zero attached hydrogens (tertiary/aromatic N) is 3. The number of thioether (sulfide) groups is 1. The van der Waals surface area contributed by atoms with Gasteiger partial charge < -0.3 is 25.3 Å². The first-order valence-electron chi connectivity index (χ1n) is 13.3. The smallest absolute Gasteiger partial charge is 0.246 e. The minimum Gasteiger partial charge on any atom is -0.345 e. The number of carbonyl (C=O) groups excluding carboxylic acids is 5. The number of rotatable bonds is 5. The minimum absolute atomic E-state index is 0.0964. The van der Waals surface area contributed by atoms with E-state index in [0.717, 1.165) is 11.1 Å².